The molecule has 67 heavy (non-hydrogen) atoms. The summed E-state index contributed by atoms with van der Waals surface area (Å²) in [4.78, 5) is 16.0. The average Bonchev–Trinajstić information content (AvgIpc) is 3.79. The van der Waals surface area contributed by atoms with Crippen molar-refractivity contribution in [3.63, 3.8) is 0 Å². The molecule has 312 valence electrons. The second-order valence-electron chi connectivity index (χ2n) is 17.2. The second kappa shape index (κ2) is 16.1. The maximum atomic E-state index is 5.34. The van der Waals surface area contributed by atoms with Gasteiger partial charge in [-0.1, -0.05) is 182 Å². The zero-order chi connectivity index (χ0) is 44.3. The van der Waals surface area contributed by atoms with Crippen molar-refractivity contribution in [3.8, 4) is 78.7 Å². The van der Waals surface area contributed by atoms with Crippen LogP contribution in [0, 0.1) is 0 Å². The van der Waals surface area contributed by atoms with E-state index in [2.05, 4.69) is 237 Å². The van der Waals surface area contributed by atoms with Gasteiger partial charge in [0, 0.05) is 36.9 Å². The Labute approximate surface area is 392 Å². The highest BCUT2D eigenvalue weighted by atomic mass is 32.1. The van der Waals surface area contributed by atoms with Crippen molar-refractivity contribution in [2.45, 2.75) is 0 Å². The zero-order valence-electron chi connectivity index (χ0n) is 36.3. The number of rotatable bonds is 7. The maximum Gasteiger partial charge on any atom is 0.165 e. The Morgan fingerprint density at radius 1 is 0.239 bits per heavy atom. The van der Waals surface area contributed by atoms with Crippen LogP contribution in [0.5, 0.6) is 0 Å². The minimum Gasteiger partial charge on any atom is -0.208 e. The summed E-state index contributed by atoms with van der Waals surface area (Å²) in [6.45, 7) is 0. The molecule has 0 saturated heterocycles. The van der Waals surface area contributed by atoms with Crippen molar-refractivity contribution in [1.82, 2.24) is 15.0 Å². The Morgan fingerprint density at radius 2 is 0.731 bits per heavy atom. The van der Waals surface area contributed by atoms with Gasteiger partial charge in [-0.25, -0.2) is 15.0 Å². The quantitative estimate of drug-likeness (QED) is 0.160. The minimum atomic E-state index is 0.628. The van der Waals surface area contributed by atoms with Gasteiger partial charge in [-0.2, -0.15) is 0 Å². The van der Waals surface area contributed by atoms with E-state index in [9.17, 15) is 0 Å². The fraction of sp³-hybridized carbons (Fsp3) is 0. The lowest BCUT2D eigenvalue weighted by Crippen LogP contribution is -2.00. The molecule has 2 aromatic heterocycles. The van der Waals surface area contributed by atoms with E-state index in [0.29, 0.717) is 17.5 Å². The molecule has 13 aromatic rings. The van der Waals surface area contributed by atoms with Gasteiger partial charge < -0.3 is 0 Å². The molecule has 11 aromatic carbocycles. The first kappa shape index (κ1) is 38.9. The zero-order valence-corrected chi connectivity index (χ0v) is 37.1. The summed E-state index contributed by atoms with van der Waals surface area (Å²) in [6, 6.07) is 84.9. The number of aromatic nitrogens is 3. The van der Waals surface area contributed by atoms with Gasteiger partial charge in [0.1, 0.15) is 0 Å². The number of thiophene rings is 1. The van der Waals surface area contributed by atoms with Crippen LogP contribution in [0.25, 0.3) is 131 Å². The van der Waals surface area contributed by atoms with Crippen molar-refractivity contribution < 1.29 is 0 Å². The molecule has 0 amide bonds. The molecule has 0 bridgehead atoms. The molecule has 0 aliphatic rings. The number of fused-ring (bicyclic) bond motifs is 6. The highest BCUT2D eigenvalue weighted by molar-refractivity contribution is 7.26. The largest absolute Gasteiger partial charge is 0.208 e. The van der Waals surface area contributed by atoms with E-state index in [1.807, 2.05) is 0 Å². The average molecular weight is 870 g/mol. The second-order valence-corrected chi connectivity index (χ2v) is 18.3. The molecule has 0 unspecified atom stereocenters. The van der Waals surface area contributed by atoms with Gasteiger partial charge in [0.25, 0.3) is 0 Å². The molecule has 4 heteroatoms. The lowest BCUT2D eigenvalue weighted by atomic mass is 9.92. The standard InChI is InChI=1S/C63H39N3S/c1-3-13-40(14-4-1)53-37-50-31-32-52(38-58(50)57(39-53)42-16-5-2-6-17-42)62-64-61(65-63(66-62)56-23-12-22-55-54-21-9-10-24-59(54)67-60(55)56)51-20-11-19-44(36-51)45-27-28-49-35-48(30-29-47(49)34-45)46-26-25-41-15-7-8-18-43(41)33-46/h1-39H. The van der Waals surface area contributed by atoms with Crippen LogP contribution < -0.4 is 0 Å². The molecule has 0 atom stereocenters. The summed E-state index contributed by atoms with van der Waals surface area (Å²) < 4.78 is 2.41. The predicted octanol–water partition coefficient (Wildman–Crippen LogP) is 17.4. The van der Waals surface area contributed by atoms with Gasteiger partial charge in [-0.15, -0.1) is 11.3 Å². The van der Waals surface area contributed by atoms with E-state index in [4.69, 9.17) is 15.0 Å². The van der Waals surface area contributed by atoms with E-state index in [1.165, 1.54) is 64.0 Å². The number of hydrogen-bond acceptors (Lipinski definition) is 4. The number of benzene rings is 11. The van der Waals surface area contributed by atoms with Gasteiger partial charge in [-0.3, -0.25) is 0 Å². The van der Waals surface area contributed by atoms with Crippen LogP contribution in [-0.4, -0.2) is 15.0 Å². The molecule has 0 N–H and O–H groups in total. The van der Waals surface area contributed by atoms with Crippen molar-refractivity contribution >= 4 is 63.8 Å². The smallest absolute Gasteiger partial charge is 0.165 e. The summed E-state index contributed by atoms with van der Waals surface area (Å²) >= 11 is 1.79. The maximum absolute atomic E-state index is 5.34. The van der Waals surface area contributed by atoms with E-state index < -0.39 is 0 Å². The third-order valence-corrected chi connectivity index (χ3v) is 14.3. The highest BCUT2D eigenvalue weighted by Crippen LogP contribution is 2.41. The SMILES string of the molecule is c1ccc(-c2cc(-c3ccccc3)c3cc(-c4nc(-c5cccc(-c6ccc7cc(-c8ccc9ccccc9c8)ccc7c6)c5)nc(-c5cccc6c5sc5ccccc56)n4)ccc3c2)cc1. The Kier molecular flexibility index (Phi) is 9.36. The summed E-state index contributed by atoms with van der Waals surface area (Å²) in [5, 5.41) is 9.63. The Hall–Kier alpha value is -8.57. The first-order valence-electron chi connectivity index (χ1n) is 22.6. The van der Waals surface area contributed by atoms with Gasteiger partial charge in [0.05, 0.1) is 0 Å². The van der Waals surface area contributed by atoms with Crippen molar-refractivity contribution in [3.05, 3.63) is 237 Å². The molecular formula is C63H39N3S. The van der Waals surface area contributed by atoms with E-state index >= 15 is 0 Å². The van der Waals surface area contributed by atoms with E-state index in [0.717, 1.165) is 49.7 Å². The van der Waals surface area contributed by atoms with Gasteiger partial charge >= 0.3 is 0 Å². The van der Waals surface area contributed by atoms with Crippen LogP contribution in [0.15, 0.2) is 237 Å². The predicted molar refractivity (Wildman–Crippen MR) is 283 cm³/mol. The topological polar surface area (TPSA) is 38.7 Å². The van der Waals surface area contributed by atoms with Crippen LogP contribution in [0.4, 0.5) is 0 Å². The lowest BCUT2D eigenvalue weighted by molar-refractivity contribution is 1.08. The molecule has 3 nitrogen and oxygen atoms in total. The van der Waals surface area contributed by atoms with Crippen molar-refractivity contribution in [1.29, 1.82) is 0 Å². The van der Waals surface area contributed by atoms with E-state index in [1.54, 1.807) is 11.3 Å². The first-order chi connectivity index (χ1) is 33.1. The molecule has 2 heterocycles. The number of nitrogens with zero attached hydrogens (tertiary/aromatic N) is 3. The molecule has 0 aliphatic carbocycles. The molecule has 13 rings (SSSR count). The van der Waals surface area contributed by atoms with Crippen LogP contribution in [0.2, 0.25) is 0 Å². The fourth-order valence-electron chi connectivity index (χ4n) is 9.64. The summed E-state index contributed by atoms with van der Waals surface area (Å²) in [5.41, 5.74) is 12.2. The monoisotopic (exact) mass is 869 g/mol. The summed E-state index contributed by atoms with van der Waals surface area (Å²) in [5.74, 6) is 1.91. The van der Waals surface area contributed by atoms with Crippen molar-refractivity contribution in [2.75, 3.05) is 0 Å². The molecule has 0 spiro atoms. The molecular weight excluding hydrogens is 831 g/mol. The van der Waals surface area contributed by atoms with Gasteiger partial charge in [0.15, 0.2) is 17.5 Å². The van der Waals surface area contributed by atoms with Crippen LogP contribution in [0.1, 0.15) is 0 Å². The van der Waals surface area contributed by atoms with Crippen LogP contribution in [0.3, 0.4) is 0 Å². The summed E-state index contributed by atoms with van der Waals surface area (Å²) in [7, 11) is 0. The molecule has 0 saturated carbocycles. The van der Waals surface area contributed by atoms with Crippen LogP contribution >= 0.6 is 11.3 Å². The highest BCUT2D eigenvalue weighted by Gasteiger charge is 2.18. The summed E-state index contributed by atoms with van der Waals surface area (Å²) in [6.07, 6.45) is 0. The normalized spacial score (nSPS) is 11.6. The van der Waals surface area contributed by atoms with E-state index in [-0.39, 0.29) is 0 Å². The third kappa shape index (κ3) is 7.12. The molecule has 0 fully saturated rings. The Balaban J connectivity index is 0.943. The minimum absolute atomic E-state index is 0.628. The fourth-order valence-corrected chi connectivity index (χ4v) is 10.9. The molecule has 0 aliphatic heterocycles. The van der Waals surface area contributed by atoms with Gasteiger partial charge in [-0.05, 0) is 131 Å². The van der Waals surface area contributed by atoms with Crippen LogP contribution in [-0.2, 0) is 0 Å². The van der Waals surface area contributed by atoms with Crippen molar-refractivity contribution in [2.24, 2.45) is 0 Å². The lowest BCUT2D eigenvalue weighted by Gasteiger charge is -2.14. The third-order valence-electron chi connectivity index (χ3n) is 13.1. The van der Waals surface area contributed by atoms with Gasteiger partial charge in [0.2, 0.25) is 0 Å². The molecule has 0 radical (unpaired) electrons. The first-order valence-corrected chi connectivity index (χ1v) is 23.5. The Bertz CT molecular complexity index is 4040. The Morgan fingerprint density at radius 3 is 1.48 bits per heavy atom. The number of hydrogen-bond donors (Lipinski definition) is 0.